The van der Waals surface area contributed by atoms with Crippen molar-refractivity contribution >= 4 is 17.5 Å². The molecule has 0 bridgehead atoms. The summed E-state index contributed by atoms with van der Waals surface area (Å²) in [5.74, 6) is 0.163. The molecule has 0 radical (unpaired) electrons. The molecular formula is C9H15N3OS. The number of Topliss-reactive ketones (excluding diaryl/α,β-unsaturated/α-hetero) is 1. The lowest BCUT2D eigenvalue weighted by atomic mass is 9.91. The van der Waals surface area contributed by atoms with Crippen LogP contribution in [0.1, 0.15) is 26.1 Å². The Hall–Kier alpha value is -0.840. The van der Waals surface area contributed by atoms with Gasteiger partial charge in [0.05, 0.1) is 0 Å². The average molecular weight is 213 g/mol. The van der Waals surface area contributed by atoms with Gasteiger partial charge in [-0.1, -0.05) is 20.8 Å². The van der Waals surface area contributed by atoms with Crippen LogP contribution in [-0.2, 0) is 4.79 Å². The van der Waals surface area contributed by atoms with Crippen molar-refractivity contribution in [2.45, 2.75) is 26.1 Å². The van der Waals surface area contributed by atoms with Crippen LogP contribution in [0.2, 0.25) is 0 Å². The van der Waals surface area contributed by atoms with Crippen LogP contribution in [0, 0.1) is 5.41 Å². The zero-order valence-corrected chi connectivity index (χ0v) is 9.71. The molecule has 1 aromatic heterocycles. The molecule has 0 N–H and O–H groups in total. The van der Waals surface area contributed by atoms with E-state index in [1.165, 1.54) is 18.1 Å². The largest absolute Gasteiger partial charge is 0.296 e. The van der Waals surface area contributed by atoms with Crippen molar-refractivity contribution < 1.29 is 4.79 Å². The molecule has 5 heteroatoms. The van der Waals surface area contributed by atoms with Crippen LogP contribution in [0.3, 0.4) is 0 Å². The number of aromatic nitrogens is 3. The van der Waals surface area contributed by atoms with E-state index in [4.69, 9.17) is 0 Å². The number of carbonyl (C=O) groups is 1. The molecular weight excluding hydrogens is 198 g/mol. The highest BCUT2D eigenvalue weighted by Crippen LogP contribution is 2.29. The van der Waals surface area contributed by atoms with Gasteiger partial charge in [0.2, 0.25) is 0 Å². The van der Waals surface area contributed by atoms with Gasteiger partial charge in [-0.15, -0.1) is 11.8 Å². The van der Waals surface area contributed by atoms with Crippen LogP contribution >= 0.6 is 11.8 Å². The highest BCUT2D eigenvalue weighted by Gasteiger charge is 2.30. The molecule has 14 heavy (non-hydrogen) atoms. The third-order valence-corrected chi connectivity index (χ3v) is 2.74. The molecule has 78 valence electrons. The second-order valence-electron chi connectivity index (χ2n) is 4.08. The number of hydrogen-bond donors (Lipinski definition) is 0. The van der Waals surface area contributed by atoms with Gasteiger partial charge < -0.3 is 0 Å². The molecule has 0 saturated heterocycles. The molecule has 0 aliphatic heterocycles. The Morgan fingerprint density at radius 1 is 1.50 bits per heavy atom. The lowest BCUT2D eigenvalue weighted by molar-refractivity contribution is -0.127. The highest BCUT2D eigenvalue weighted by atomic mass is 32.2. The van der Waals surface area contributed by atoms with Crippen LogP contribution in [0.5, 0.6) is 0 Å². The highest BCUT2D eigenvalue weighted by molar-refractivity contribution is 7.99. The number of hydrogen-bond acceptors (Lipinski definition) is 4. The van der Waals surface area contributed by atoms with Gasteiger partial charge in [0.1, 0.15) is 12.7 Å². The predicted octanol–water partition coefficient (Wildman–Crippen LogP) is 1.75. The van der Waals surface area contributed by atoms with Crippen LogP contribution in [-0.4, -0.2) is 26.8 Å². The van der Waals surface area contributed by atoms with Gasteiger partial charge in [-0.25, -0.2) is 9.67 Å². The molecule has 0 aliphatic rings. The first-order valence-corrected chi connectivity index (χ1v) is 5.67. The van der Waals surface area contributed by atoms with Crippen LogP contribution in [0.25, 0.3) is 0 Å². The summed E-state index contributed by atoms with van der Waals surface area (Å²) in [5, 5.41) is 3.72. The number of ketones is 1. The third kappa shape index (κ3) is 2.35. The van der Waals surface area contributed by atoms with Crippen molar-refractivity contribution in [1.29, 1.82) is 0 Å². The fourth-order valence-corrected chi connectivity index (χ4v) is 1.94. The quantitative estimate of drug-likeness (QED) is 0.767. The molecule has 0 aliphatic carbocycles. The van der Waals surface area contributed by atoms with E-state index in [1.54, 1.807) is 11.0 Å². The summed E-state index contributed by atoms with van der Waals surface area (Å²) in [5.41, 5.74) is -0.348. The van der Waals surface area contributed by atoms with Gasteiger partial charge in [-0.05, 0) is 6.26 Å². The SMILES string of the molecule is CSC(C(=O)C(C)(C)C)n1cncn1. The van der Waals surface area contributed by atoms with E-state index in [0.29, 0.717) is 0 Å². The number of thioether (sulfide) groups is 1. The first-order valence-electron chi connectivity index (χ1n) is 4.38. The predicted molar refractivity (Wildman–Crippen MR) is 57.0 cm³/mol. The van der Waals surface area contributed by atoms with Gasteiger partial charge in [0.25, 0.3) is 0 Å². The molecule has 1 aromatic rings. The molecule has 0 aromatic carbocycles. The topological polar surface area (TPSA) is 47.8 Å². The zero-order chi connectivity index (χ0) is 10.8. The molecule has 0 fully saturated rings. The summed E-state index contributed by atoms with van der Waals surface area (Å²) in [6, 6.07) is 0. The van der Waals surface area contributed by atoms with E-state index in [2.05, 4.69) is 10.1 Å². The van der Waals surface area contributed by atoms with Gasteiger partial charge in [-0.3, -0.25) is 4.79 Å². The molecule has 0 saturated carbocycles. The lowest BCUT2D eigenvalue weighted by Gasteiger charge is -2.22. The minimum Gasteiger partial charge on any atom is -0.296 e. The van der Waals surface area contributed by atoms with E-state index >= 15 is 0 Å². The number of nitrogens with zero attached hydrogens (tertiary/aromatic N) is 3. The van der Waals surface area contributed by atoms with Crippen molar-refractivity contribution in [2.75, 3.05) is 6.26 Å². The maximum Gasteiger partial charge on any atom is 0.172 e. The van der Waals surface area contributed by atoms with Crippen LogP contribution in [0.15, 0.2) is 12.7 Å². The first kappa shape index (κ1) is 11.2. The normalized spacial score (nSPS) is 14.0. The summed E-state index contributed by atoms with van der Waals surface area (Å²) in [6.45, 7) is 5.74. The summed E-state index contributed by atoms with van der Waals surface area (Å²) in [7, 11) is 0. The van der Waals surface area contributed by atoms with Crippen molar-refractivity contribution in [3.63, 3.8) is 0 Å². The summed E-state index contributed by atoms with van der Waals surface area (Å²) in [6.07, 6.45) is 4.92. The minimum absolute atomic E-state index is 0.163. The fraction of sp³-hybridized carbons (Fsp3) is 0.667. The molecule has 4 nitrogen and oxygen atoms in total. The minimum atomic E-state index is -0.348. The molecule has 1 unspecified atom stereocenters. The molecule has 0 amide bonds. The lowest BCUT2D eigenvalue weighted by Crippen LogP contribution is -2.28. The fourth-order valence-electron chi connectivity index (χ4n) is 1.04. The Labute approximate surface area is 88.1 Å². The van der Waals surface area contributed by atoms with E-state index in [-0.39, 0.29) is 16.6 Å². The maximum absolute atomic E-state index is 12.0. The van der Waals surface area contributed by atoms with Crippen LogP contribution < -0.4 is 0 Å². The Kier molecular flexibility index (Phi) is 3.31. The monoisotopic (exact) mass is 213 g/mol. The van der Waals surface area contributed by atoms with Crippen molar-refractivity contribution in [3.8, 4) is 0 Å². The van der Waals surface area contributed by atoms with Gasteiger partial charge in [0, 0.05) is 5.41 Å². The molecule has 0 spiro atoms. The molecule has 1 rings (SSSR count). The number of carbonyl (C=O) groups excluding carboxylic acids is 1. The average Bonchev–Trinajstić information content (AvgIpc) is 2.57. The molecule has 1 atom stereocenters. The Bertz CT molecular complexity index is 302. The molecule has 1 heterocycles. The van der Waals surface area contributed by atoms with Crippen LogP contribution in [0.4, 0.5) is 0 Å². The Balaban J connectivity index is 2.89. The van der Waals surface area contributed by atoms with E-state index in [0.717, 1.165) is 0 Å². The van der Waals surface area contributed by atoms with Gasteiger partial charge in [0.15, 0.2) is 11.2 Å². The summed E-state index contributed by atoms with van der Waals surface area (Å²) in [4.78, 5) is 15.8. The second kappa shape index (κ2) is 4.13. The zero-order valence-electron chi connectivity index (χ0n) is 8.89. The van der Waals surface area contributed by atoms with E-state index in [9.17, 15) is 4.79 Å². The standard InChI is InChI=1S/C9H15N3OS/c1-9(2,3)7(13)8(14-4)12-6-10-5-11-12/h5-6,8H,1-4H3. The number of rotatable bonds is 3. The Morgan fingerprint density at radius 3 is 2.50 bits per heavy atom. The van der Waals surface area contributed by atoms with Crippen molar-refractivity contribution in [1.82, 2.24) is 14.8 Å². The third-order valence-electron chi connectivity index (χ3n) is 1.86. The van der Waals surface area contributed by atoms with Crippen molar-refractivity contribution in [3.05, 3.63) is 12.7 Å². The van der Waals surface area contributed by atoms with Crippen molar-refractivity contribution in [2.24, 2.45) is 5.41 Å². The van der Waals surface area contributed by atoms with E-state index < -0.39 is 0 Å². The first-order chi connectivity index (χ1) is 6.46. The summed E-state index contributed by atoms with van der Waals surface area (Å²) >= 11 is 1.47. The van der Waals surface area contributed by atoms with E-state index in [1.807, 2.05) is 27.0 Å². The summed E-state index contributed by atoms with van der Waals surface area (Å²) < 4.78 is 1.60. The maximum atomic E-state index is 12.0. The van der Waals surface area contributed by atoms with Gasteiger partial charge in [-0.2, -0.15) is 5.10 Å². The second-order valence-corrected chi connectivity index (χ2v) is 5.00. The smallest absolute Gasteiger partial charge is 0.172 e. The Morgan fingerprint density at radius 2 is 2.14 bits per heavy atom. The van der Waals surface area contributed by atoms with Gasteiger partial charge >= 0.3 is 0 Å².